The van der Waals surface area contributed by atoms with Gasteiger partial charge in [-0.2, -0.15) is 5.26 Å². The third-order valence-corrected chi connectivity index (χ3v) is 7.91. The third-order valence-electron chi connectivity index (χ3n) is 6.70. The number of hydrogen-bond acceptors (Lipinski definition) is 6. The van der Waals surface area contributed by atoms with Crippen molar-refractivity contribution >= 4 is 28.2 Å². The zero-order valence-corrected chi connectivity index (χ0v) is 19.5. The highest BCUT2D eigenvalue weighted by Gasteiger charge is 2.28. The standard InChI is InChI=1S/C23H33N5O2S/c1-16-10-17(2)13-28(12-16)22(30)15-27-8-6-26(7-9-27)14-21(29)25-23-19(11-24)18-4-3-5-20(18)31-23/h16-17H,3-10,12-15H2,1-2H3,(H,25,29)/t16-,17-/m0/s1. The van der Waals surface area contributed by atoms with Crippen molar-refractivity contribution in [2.75, 3.05) is 57.7 Å². The van der Waals surface area contributed by atoms with E-state index in [2.05, 4.69) is 35.0 Å². The first-order valence-electron chi connectivity index (χ1n) is 11.5. The van der Waals surface area contributed by atoms with Gasteiger partial charge in [0.1, 0.15) is 11.1 Å². The lowest BCUT2D eigenvalue weighted by atomic mass is 9.92. The fraction of sp³-hybridized carbons (Fsp3) is 0.696. The van der Waals surface area contributed by atoms with E-state index < -0.39 is 0 Å². The molecule has 2 amide bonds. The molecule has 2 saturated heterocycles. The van der Waals surface area contributed by atoms with Crippen LogP contribution >= 0.6 is 11.3 Å². The molecule has 168 valence electrons. The summed E-state index contributed by atoms with van der Waals surface area (Å²) >= 11 is 1.56. The topological polar surface area (TPSA) is 79.7 Å². The summed E-state index contributed by atoms with van der Waals surface area (Å²) in [6, 6.07) is 2.28. The van der Waals surface area contributed by atoms with Crippen molar-refractivity contribution in [1.82, 2.24) is 14.7 Å². The fourth-order valence-electron chi connectivity index (χ4n) is 5.24. The van der Waals surface area contributed by atoms with Crippen LogP contribution < -0.4 is 5.32 Å². The highest BCUT2D eigenvalue weighted by molar-refractivity contribution is 7.16. The van der Waals surface area contributed by atoms with Crippen molar-refractivity contribution in [1.29, 1.82) is 5.26 Å². The number of thiophene rings is 1. The Hall–Kier alpha value is -1.95. The van der Waals surface area contributed by atoms with Crippen molar-refractivity contribution < 1.29 is 9.59 Å². The number of likely N-dealkylation sites (tertiary alicyclic amines) is 1. The van der Waals surface area contributed by atoms with Crippen LogP contribution in [0.15, 0.2) is 0 Å². The summed E-state index contributed by atoms with van der Waals surface area (Å²) in [5, 5.41) is 13.2. The second kappa shape index (κ2) is 9.68. The molecule has 3 aliphatic rings. The number of piperidine rings is 1. The Morgan fingerprint density at radius 1 is 1.06 bits per heavy atom. The Labute approximate surface area is 189 Å². The fourth-order valence-corrected chi connectivity index (χ4v) is 6.50. The summed E-state index contributed by atoms with van der Waals surface area (Å²) in [6.07, 6.45) is 4.27. The third kappa shape index (κ3) is 5.28. The van der Waals surface area contributed by atoms with E-state index in [9.17, 15) is 14.9 Å². The summed E-state index contributed by atoms with van der Waals surface area (Å²) in [5.41, 5.74) is 1.80. The van der Waals surface area contributed by atoms with E-state index in [0.717, 1.165) is 64.1 Å². The molecule has 0 spiro atoms. The van der Waals surface area contributed by atoms with E-state index in [0.29, 0.717) is 35.5 Å². The minimum absolute atomic E-state index is 0.0581. The number of carbonyl (C=O) groups is 2. The van der Waals surface area contributed by atoms with E-state index in [1.54, 1.807) is 11.3 Å². The molecule has 3 heterocycles. The normalized spacial score (nSPS) is 24.6. The first kappa shape index (κ1) is 22.3. The number of carbonyl (C=O) groups excluding carboxylic acids is 2. The number of amides is 2. The van der Waals surface area contributed by atoms with Crippen molar-refractivity contribution in [3.63, 3.8) is 0 Å². The SMILES string of the molecule is C[C@H]1C[C@H](C)CN(C(=O)CN2CCN(CC(=O)Nc3sc4c(c3C#N)CCC4)CC2)C1. The molecule has 0 aromatic carbocycles. The van der Waals surface area contributed by atoms with Crippen molar-refractivity contribution in [2.45, 2.75) is 39.5 Å². The molecule has 0 saturated carbocycles. The van der Waals surface area contributed by atoms with Gasteiger partial charge in [0, 0.05) is 44.1 Å². The maximum atomic E-state index is 12.7. The molecule has 0 bridgehead atoms. The van der Waals surface area contributed by atoms with Crippen LogP contribution in [-0.4, -0.2) is 78.9 Å². The smallest absolute Gasteiger partial charge is 0.239 e. The van der Waals surface area contributed by atoms with Gasteiger partial charge >= 0.3 is 0 Å². The predicted molar refractivity (Wildman–Crippen MR) is 122 cm³/mol. The van der Waals surface area contributed by atoms with Crippen LogP contribution in [0.2, 0.25) is 0 Å². The highest BCUT2D eigenvalue weighted by atomic mass is 32.1. The second-order valence-electron chi connectivity index (χ2n) is 9.52. The number of aryl methyl sites for hydroxylation is 1. The molecule has 2 fully saturated rings. The Kier molecular flexibility index (Phi) is 6.95. The van der Waals surface area contributed by atoms with Gasteiger partial charge in [0.25, 0.3) is 0 Å². The Morgan fingerprint density at radius 2 is 1.71 bits per heavy atom. The van der Waals surface area contributed by atoms with Crippen LogP contribution in [0.1, 0.15) is 42.7 Å². The number of hydrogen-bond donors (Lipinski definition) is 1. The van der Waals surface area contributed by atoms with Crippen molar-refractivity contribution in [3.05, 3.63) is 16.0 Å². The monoisotopic (exact) mass is 443 g/mol. The number of nitrogens with zero attached hydrogens (tertiary/aromatic N) is 4. The molecule has 4 rings (SSSR count). The molecule has 1 aliphatic carbocycles. The molecule has 7 nitrogen and oxygen atoms in total. The van der Waals surface area contributed by atoms with Gasteiger partial charge in [-0.25, -0.2) is 0 Å². The number of nitriles is 1. The first-order valence-corrected chi connectivity index (χ1v) is 12.3. The summed E-state index contributed by atoms with van der Waals surface area (Å²) in [7, 11) is 0. The van der Waals surface area contributed by atoms with E-state index in [1.807, 2.05) is 4.90 Å². The predicted octanol–water partition coefficient (Wildman–Crippen LogP) is 2.17. The van der Waals surface area contributed by atoms with Crippen LogP contribution in [0.25, 0.3) is 0 Å². The van der Waals surface area contributed by atoms with Crippen molar-refractivity contribution in [3.8, 4) is 6.07 Å². The van der Waals surface area contributed by atoms with Gasteiger partial charge in [0.15, 0.2) is 0 Å². The summed E-state index contributed by atoms with van der Waals surface area (Å²) in [5.74, 6) is 1.33. The largest absolute Gasteiger partial charge is 0.341 e. The zero-order valence-electron chi connectivity index (χ0n) is 18.7. The average Bonchev–Trinajstić information content (AvgIpc) is 3.29. The lowest BCUT2D eigenvalue weighted by molar-refractivity contribution is -0.135. The van der Waals surface area contributed by atoms with Gasteiger partial charge in [-0.1, -0.05) is 13.8 Å². The summed E-state index contributed by atoms with van der Waals surface area (Å²) < 4.78 is 0. The van der Waals surface area contributed by atoms with Gasteiger partial charge in [-0.3, -0.25) is 19.4 Å². The van der Waals surface area contributed by atoms with E-state index in [-0.39, 0.29) is 11.8 Å². The number of nitrogens with one attached hydrogen (secondary N) is 1. The van der Waals surface area contributed by atoms with Crippen LogP contribution in [0.4, 0.5) is 5.00 Å². The molecule has 0 radical (unpaired) electrons. The number of piperazine rings is 1. The number of anilines is 1. The molecular formula is C23H33N5O2S. The molecular weight excluding hydrogens is 410 g/mol. The molecule has 2 aliphatic heterocycles. The summed E-state index contributed by atoms with van der Waals surface area (Å²) in [6.45, 7) is 10.2. The van der Waals surface area contributed by atoms with Crippen molar-refractivity contribution in [2.24, 2.45) is 11.8 Å². The van der Waals surface area contributed by atoms with Gasteiger partial charge in [-0.05, 0) is 43.1 Å². The maximum Gasteiger partial charge on any atom is 0.239 e. The Balaban J connectivity index is 1.22. The minimum Gasteiger partial charge on any atom is -0.341 e. The molecule has 8 heteroatoms. The minimum atomic E-state index is -0.0581. The van der Waals surface area contributed by atoms with E-state index >= 15 is 0 Å². The highest BCUT2D eigenvalue weighted by Crippen LogP contribution is 2.38. The second-order valence-corrected chi connectivity index (χ2v) is 10.6. The molecule has 31 heavy (non-hydrogen) atoms. The van der Waals surface area contributed by atoms with Gasteiger partial charge < -0.3 is 10.2 Å². The maximum absolute atomic E-state index is 12.7. The molecule has 2 atom stereocenters. The molecule has 1 N–H and O–H groups in total. The Bertz CT molecular complexity index is 858. The lowest BCUT2D eigenvalue weighted by Crippen LogP contribution is -2.52. The molecule has 1 aromatic heterocycles. The van der Waals surface area contributed by atoms with Crippen LogP contribution in [0.5, 0.6) is 0 Å². The van der Waals surface area contributed by atoms with E-state index in [1.165, 1.54) is 11.3 Å². The van der Waals surface area contributed by atoms with Gasteiger partial charge in [0.2, 0.25) is 11.8 Å². The number of fused-ring (bicyclic) bond motifs is 1. The molecule has 1 aromatic rings. The van der Waals surface area contributed by atoms with Gasteiger partial charge in [0.05, 0.1) is 18.7 Å². The summed E-state index contributed by atoms with van der Waals surface area (Å²) in [4.78, 5) is 32.9. The van der Waals surface area contributed by atoms with E-state index in [4.69, 9.17) is 0 Å². The first-order chi connectivity index (χ1) is 14.9. The molecule has 0 unspecified atom stereocenters. The zero-order chi connectivity index (χ0) is 22.0. The van der Waals surface area contributed by atoms with Crippen LogP contribution in [0.3, 0.4) is 0 Å². The van der Waals surface area contributed by atoms with Crippen LogP contribution in [0, 0.1) is 23.2 Å². The Morgan fingerprint density at radius 3 is 2.35 bits per heavy atom. The number of rotatable bonds is 5. The quantitative estimate of drug-likeness (QED) is 0.755. The average molecular weight is 444 g/mol. The lowest BCUT2D eigenvalue weighted by Gasteiger charge is -2.38. The van der Waals surface area contributed by atoms with Gasteiger partial charge in [-0.15, -0.1) is 11.3 Å². The van der Waals surface area contributed by atoms with Crippen LogP contribution in [-0.2, 0) is 22.4 Å².